The molecule has 1 aromatic heterocycles. The summed E-state index contributed by atoms with van der Waals surface area (Å²) in [4.78, 5) is 27.2. The zero-order valence-electron chi connectivity index (χ0n) is 12.2. The molecule has 2 rings (SSSR count). The lowest BCUT2D eigenvalue weighted by atomic mass is 10.2. The van der Waals surface area contributed by atoms with Crippen LogP contribution in [0.15, 0.2) is 58.4 Å². The van der Waals surface area contributed by atoms with Crippen LogP contribution in [0, 0.1) is 0 Å². The summed E-state index contributed by atoms with van der Waals surface area (Å²) >= 11 is 3.33. The summed E-state index contributed by atoms with van der Waals surface area (Å²) in [5.74, 6) is -0.841. The average Bonchev–Trinajstić information content (AvgIpc) is 2.56. The molecule has 1 aromatic carbocycles. The van der Waals surface area contributed by atoms with E-state index >= 15 is 0 Å². The fourth-order valence-electron chi connectivity index (χ4n) is 1.68. The van der Waals surface area contributed by atoms with Gasteiger partial charge in [-0.15, -0.1) is 0 Å². The number of pyridine rings is 1. The van der Waals surface area contributed by atoms with Crippen molar-refractivity contribution >= 4 is 34.0 Å². The lowest BCUT2D eigenvalue weighted by Crippen LogP contribution is -2.29. The summed E-state index contributed by atoms with van der Waals surface area (Å²) in [5.41, 5.74) is 4.03. The maximum Gasteiger partial charge on any atom is 0.249 e. The number of amides is 2. The normalized spacial score (nSPS) is 10.5. The molecule has 7 heteroatoms. The fraction of sp³-hybridized carbons (Fsp3) is 0.125. The molecule has 6 nitrogen and oxygen atoms in total. The van der Waals surface area contributed by atoms with Crippen LogP contribution < -0.4 is 10.7 Å². The highest BCUT2D eigenvalue weighted by Gasteiger charge is 2.08. The first kappa shape index (κ1) is 16.8. The van der Waals surface area contributed by atoms with Crippen LogP contribution in [0.2, 0.25) is 0 Å². The largest absolute Gasteiger partial charge is 0.352 e. The summed E-state index contributed by atoms with van der Waals surface area (Å²) in [6.07, 6.45) is 4.54. The van der Waals surface area contributed by atoms with Gasteiger partial charge in [0.2, 0.25) is 11.8 Å². The van der Waals surface area contributed by atoms with Crippen LogP contribution in [0.1, 0.15) is 17.5 Å². The predicted octanol–water partition coefficient (Wildman–Crippen LogP) is 2.00. The molecule has 23 heavy (non-hydrogen) atoms. The van der Waals surface area contributed by atoms with E-state index in [0.717, 1.165) is 15.6 Å². The third-order valence-electron chi connectivity index (χ3n) is 2.81. The maximum atomic E-state index is 11.6. The predicted molar refractivity (Wildman–Crippen MR) is 90.6 cm³/mol. The molecule has 118 valence electrons. The van der Waals surface area contributed by atoms with E-state index in [2.05, 4.69) is 36.8 Å². The van der Waals surface area contributed by atoms with E-state index in [1.165, 1.54) is 6.21 Å². The Kier molecular flexibility index (Phi) is 6.43. The molecule has 1 heterocycles. The number of aromatic nitrogens is 1. The van der Waals surface area contributed by atoms with Crippen LogP contribution in [0.5, 0.6) is 0 Å². The standard InChI is InChI=1S/C16H15BrN4O2/c17-14-5-3-12(4-6-14)11-20-21-16(23)8-15(22)19-10-13-2-1-7-18-9-13/h1-7,9,11H,8,10H2,(H,19,22)(H,21,23)/b20-11-. The van der Waals surface area contributed by atoms with E-state index in [0.29, 0.717) is 6.54 Å². The second-order valence-corrected chi connectivity index (χ2v) is 5.58. The van der Waals surface area contributed by atoms with Gasteiger partial charge in [0.25, 0.3) is 0 Å². The molecule has 0 fully saturated rings. The molecule has 0 spiro atoms. The van der Waals surface area contributed by atoms with Crippen molar-refractivity contribution in [2.45, 2.75) is 13.0 Å². The second kappa shape index (κ2) is 8.79. The number of carbonyl (C=O) groups is 2. The summed E-state index contributed by atoms with van der Waals surface area (Å²) in [5, 5.41) is 6.46. The Balaban J connectivity index is 1.71. The Morgan fingerprint density at radius 2 is 1.96 bits per heavy atom. The van der Waals surface area contributed by atoms with Gasteiger partial charge in [-0.2, -0.15) is 5.10 Å². The number of benzene rings is 1. The van der Waals surface area contributed by atoms with Gasteiger partial charge in [0.1, 0.15) is 6.42 Å². The number of hydrogen-bond donors (Lipinski definition) is 2. The minimum atomic E-state index is -0.470. The smallest absolute Gasteiger partial charge is 0.249 e. The van der Waals surface area contributed by atoms with Gasteiger partial charge in [-0.25, -0.2) is 5.43 Å². The SMILES string of the molecule is O=C(CC(=O)N/N=C\c1ccc(Br)cc1)NCc1cccnc1. The Morgan fingerprint density at radius 1 is 1.17 bits per heavy atom. The monoisotopic (exact) mass is 374 g/mol. The minimum Gasteiger partial charge on any atom is -0.352 e. The van der Waals surface area contributed by atoms with Gasteiger partial charge in [-0.1, -0.05) is 34.1 Å². The minimum absolute atomic E-state index is 0.280. The van der Waals surface area contributed by atoms with E-state index in [-0.39, 0.29) is 12.3 Å². The van der Waals surface area contributed by atoms with Crippen LogP contribution in [-0.4, -0.2) is 23.0 Å². The highest BCUT2D eigenvalue weighted by Crippen LogP contribution is 2.08. The molecule has 0 saturated carbocycles. The van der Waals surface area contributed by atoms with Crippen molar-refractivity contribution in [3.8, 4) is 0 Å². The zero-order chi connectivity index (χ0) is 16.5. The van der Waals surface area contributed by atoms with Crippen LogP contribution in [0.4, 0.5) is 0 Å². The maximum absolute atomic E-state index is 11.6. The summed E-state index contributed by atoms with van der Waals surface area (Å²) in [6, 6.07) is 11.1. The molecule has 0 aliphatic heterocycles. The van der Waals surface area contributed by atoms with E-state index in [4.69, 9.17) is 0 Å². The Bertz CT molecular complexity index is 687. The van der Waals surface area contributed by atoms with Crippen molar-refractivity contribution < 1.29 is 9.59 Å². The highest BCUT2D eigenvalue weighted by atomic mass is 79.9. The van der Waals surface area contributed by atoms with Crippen LogP contribution in [0.25, 0.3) is 0 Å². The summed E-state index contributed by atoms with van der Waals surface area (Å²) < 4.78 is 0.962. The molecule has 0 unspecified atom stereocenters. The molecule has 0 radical (unpaired) electrons. The van der Waals surface area contributed by atoms with Gasteiger partial charge in [-0.05, 0) is 29.3 Å². The van der Waals surface area contributed by atoms with Crippen molar-refractivity contribution in [3.05, 3.63) is 64.4 Å². The summed E-state index contributed by atoms with van der Waals surface area (Å²) in [6.45, 7) is 0.335. The Hall–Kier alpha value is -2.54. The van der Waals surface area contributed by atoms with Crippen molar-refractivity contribution in [3.63, 3.8) is 0 Å². The molecule has 0 bridgehead atoms. The molecule has 2 N–H and O–H groups in total. The molecule has 0 aliphatic carbocycles. The number of nitrogens with one attached hydrogen (secondary N) is 2. The zero-order valence-corrected chi connectivity index (χ0v) is 13.8. The number of hydrazone groups is 1. The molecular weight excluding hydrogens is 360 g/mol. The van der Waals surface area contributed by atoms with Gasteiger partial charge in [0.15, 0.2) is 0 Å². The highest BCUT2D eigenvalue weighted by molar-refractivity contribution is 9.10. The average molecular weight is 375 g/mol. The first-order valence-electron chi connectivity index (χ1n) is 6.86. The van der Waals surface area contributed by atoms with Crippen LogP contribution in [-0.2, 0) is 16.1 Å². The number of nitrogens with zero attached hydrogens (tertiary/aromatic N) is 2. The van der Waals surface area contributed by atoms with Gasteiger partial charge in [-0.3, -0.25) is 14.6 Å². The molecule has 0 aliphatic rings. The van der Waals surface area contributed by atoms with E-state index in [9.17, 15) is 9.59 Å². The second-order valence-electron chi connectivity index (χ2n) is 4.66. The lowest BCUT2D eigenvalue weighted by Gasteiger charge is -2.04. The third kappa shape index (κ3) is 6.39. The van der Waals surface area contributed by atoms with Crippen molar-refractivity contribution in [1.82, 2.24) is 15.7 Å². The Labute approximate surface area is 142 Å². The van der Waals surface area contributed by atoms with Crippen molar-refractivity contribution in [2.75, 3.05) is 0 Å². The number of hydrogen-bond acceptors (Lipinski definition) is 4. The molecule has 0 atom stereocenters. The van der Waals surface area contributed by atoms with E-state index in [1.54, 1.807) is 18.5 Å². The fourth-order valence-corrected chi connectivity index (χ4v) is 1.94. The van der Waals surface area contributed by atoms with Crippen molar-refractivity contribution in [1.29, 1.82) is 0 Å². The summed E-state index contributed by atoms with van der Waals surface area (Å²) in [7, 11) is 0. The first-order valence-corrected chi connectivity index (χ1v) is 7.66. The van der Waals surface area contributed by atoms with Gasteiger partial charge in [0, 0.05) is 23.4 Å². The quantitative estimate of drug-likeness (QED) is 0.460. The number of carbonyl (C=O) groups excluding carboxylic acids is 2. The Morgan fingerprint density at radius 3 is 2.65 bits per heavy atom. The molecular formula is C16H15BrN4O2. The first-order chi connectivity index (χ1) is 11.1. The number of halogens is 1. The van der Waals surface area contributed by atoms with Gasteiger partial charge >= 0.3 is 0 Å². The van der Waals surface area contributed by atoms with Crippen LogP contribution >= 0.6 is 15.9 Å². The van der Waals surface area contributed by atoms with E-state index < -0.39 is 5.91 Å². The topological polar surface area (TPSA) is 83.5 Å². The van der Waals surface area contributed by atoms with Gasteiger partial charge in [0.05, 0.1) is 6.21 Å². The molecule has 2 amide bonds. The van der Waals surface area contributed by atoms with Gasteiger partial charge < -0.3 is 5.32 Å². The van der Waals surface area contributed by atoms with Crippen LogP contribution in [0.3, 0.4) is 0 Å². The lowest BCUT2D eigenvalue weighted by molar-refractivity contribution is -0.129. The number of rotatable bonds is 6. The van der Waals surface area contributed by atoms with E-state index in [1.807, 2.05) is 30.3 Å². The van der Waals surface area contributed by atoms with Crippen molar-refractivity contribution in [2.24, 2.45) is 5.10 Å². The molecule has 0 saturated heterocycles. The third-order valence-corrected chi connectivity index (χ3v) is 3.34. The molecule has 2 aromatic rings.